The summed E-state index contributed by atoms with van der Waals surface area (Å²) in [6.45, 7) is 7.80. The van der Waals surface area contributed by atoms with Crippen LogP contribution in [0, 0.1) is 11.2 Å². The third-order valence-corrected chi connectivity index (χ3v) is 4.64. The summed E-state index contributed by atoms with van der Waals surface area (Å²) in [7, 11) is 0. The van der Waals surface area contributed by atoms with Gasteiger partial charge in [0.2, 0.25) is 0 Å². The van der Waals surface area contributed by atoms with E-state index in [1.165, 1.54) is 6.07 Å². The number of rotatable bonds is 4. The summed E-state index contributed by atoms with van der Waals surface area (Å²) in [5.74, 6) is -0.132. The molecule has 0 heterocycles. The van der Waals surface area contributed by atoms with Gasteiger partial charge in [0.15, 0.2) is 11.6 Å². The quantitative estimate of drug-likeness (QED) is 0.838. The zero-order chi connectivity index (χ0) is 19.1. The van der Waals surface area contributed by atoms with E-state index in [0.29, 0.717) is 0 Å². The van der Waals surface area contributed by atoms with E-state index in [1.54, 1.807) is 6.07 Å². The van der Waals surface area contributed by atoms with Crippen LogP contribution in [0.3, 0.4) is 0 Å². The lowest BCUT2D eigenvalue weighted by Gasteiger charge is -2.26. The number of carbonyl (C=O) groups is 1. The lowest BCUT2D eigenvalue weighted by molar-refractivity contribution is 0.0392. The Hall–Kier alpha value is -2.56. The molecule has 2 aromatic carbocycles. The number of hydrogen-bond acceptors (Lipinski definition) is 3. The van der Waals surface area contributed by atoms with E-state index >= 15 is 0 Å². The van der Waals surface area contributed by atoms with E-state index in [4.69, 9.17) is 15.2 Å². The summed E-state index contributed by atoms with van der Waals surface area (Å²) in [5.41, 5.74) is 8.71. The summed E-state index contributed by atoms with van der Waals surface area (Å²) >= 11 is 0. The second-order valence-corrected chi connectivity index (χ2v) is 7.71. The fourth-order valence-corrected chi connectivity index (χ4v) is 3.57. The van der Waals surface area contributed by atoms with Gasteiger partial charge in [-0.3, -0.25) is 0 Å². The summed E-state index contributed by atoms with van der Waals surface area (Å²) in [5, 5.41) is 0. The highest BCUT2D eigenvalue weighted by Crippen LogP contribution is 2.48. The molecule has 138 valence electrons. The van der Waals surface area contributed by atoms with Crippen molar-refractivity contribution >= 4 is 6.09 Å². The van der Waals surface area contributed by atoms with Crippen LogP contribution in [0.15, 0.2) is 36.4 Å². The molecule has 1 amide bonds. The van der Waals surface area contributed by atoms with Crippen LogP contribution < -0.4 is 10.5 Å². The van der Waals surface area contributed by atoms with Crippen molar-refractivity contribution in [2.75, 3.05) is 0 Å². The van der Waals surface area contributed by atoms with Gasteiger partial charge in [0.1, 0.15) is 6.10 Å². The number of fused-ring (bicyclic) bond motifs is 1. The van der Waals surface area contributed by atoms with Crippen LogP contribution in [0.2, 0.25) is 0 Å². The van der Waals surface area contributed by atoms with Crippen molar-refractivity contribution in [3.8, 4) is 16.9 Å². The van der Waals surface area contributed by atoms with Crippen molar-refractivity contribution < 1.29 is 18.7 Å². The monoisotopic (exact) mass is 357 g/mol. The van der Waals surface area contributed by atoms with E-state index < -0.39 is 6.09 Å². The van der Waals surface area contributed by atoms with Crippen LogP contribution in [0.1, 0.15) is 44.9 Å². The van der Waals surface area contributed by atoms with Crippen molar-refractivity contribution in [3.63, 3.8) is 0 Å². The Labute approximate surface area is 153 Å². The maximum atomic E-state index is 14.3. The number of primary amides is 1. The molecule has 1 aliphatic rings. The van der Waals surface area contributed by atoms with Gasteiger partial charge in [-0.1, -0.05) is 38.1 Å². The summed E-state index contributed by atoms with van der Waals surface area (Å²) < 4.78 is 25.1. The highest BCUT2D eigenvalue weighted by atomic mass is 19.1. The number of benzene rings is 2. The average molecular weight is 357 g/mol. The Morgan fingerprint density at radius 2 is 1.85 bits per heavy atom. The number of nitrogens with two attached hydrogens (primary N) is 1. The van der Waals surface area contributed by atoms with Gasteiger partial charge in [-0.2, -0.15) is 0 Å². The van der Waals surface area contributed by atoms with Crippen LogP contribution in [-0.4, -0.2) is 12.2 Å². The Balaban J connectivity index is 1.93. The van der Waals surface area contributed by atoms with Crippen molar-refractivity contribution in [2.24, 2.45) is 11.1 Å². The number of carbonyl (C=O) groups excluding carboxylic acids is 1. The minimum absolute atomic E-state index is 0.0836. The summed E-state index contributed by atoms with van der Waals surface area (Å²) in [4.78, 5) is 11.2. The standard InChI is InChI=1S/C21H24FNO3/c1-12(2)25-18-8-6-14(10-17(18)22)13-5-7-16-15(9-13)11-21(3,4)19(16)26-20(23)24/h5-10,12,19H,11H2,1-4H3,(H2,23,24)/t19-/m0/s1. The van der Waals surface area contributed by atoms with Crippen molar-refractivity contribution in [1.29, 1.82) is 0 Å². The number of amides is 1. The maximum absolute atomic E-state index is 14.3. The van der Waals surface area contributed by atoms with Gasteiger partial charge in [-0.05, 0) is 54.7 Å². The number of ether oxygens (including phenoxy) is 2. The summed E-state index contributed by atoms with van der Waals surface area (Å²) in [6, 6.07) is 10.9. The van der Waals surface area contributed by atoms with E-state index in [2.05, 4.69) is 0 Å². The molecule has 5 heteroatoms. The van der Waals surface area contributed by atoms with Crippen LogP contribution >= 0.6 is 0 Å². The molecule has 4 nitrogen and oxygen atoms in total. The van der Waals surface area contributed by atoms with Crippen LogP contribution in [-0.2, 0) is 11.2 Å². The van der Waals surface area contributed by atoms with Crippen molar-refractivity contribution in [2.45, 2.75) is 46.3 Å². The molecular weight excluding hydrogens is 333 g/mol. The zero-order valence-electron chi connectivity index (χ0n) is 15.5. The molecule has 0 unspecified atom stereocenters. The molecule has 2 N–H and O–H groups in total. The predicted octanol–water partition coefficient (Wildman–Crippen LogP) is 5.00. The molecular formula is C21H24FNO3. The van der Waals surface area contributed by atoms with Gasteiger partial charge in [-0.25, -0.2) is 9.18 Å². The first-order valence-electron chi connectivity index (χ1n) is 8.73. The first-order chi connectivity index (χ1) is 12.2. The largest absolute Gasteiger partial charge is 0.488 e. The molecule has 0 aliphatic heterocycles. The molecule has 0 spiro atoms. The highest BCUT2D eigenvalue weighted by molar-refractivity contribution is 5.68. The molecule has 0 bridgehead atoms. The van der Waals surface area contributed by atoms with Crippen molar-refractivity contribution in [3.05, 3.63) is 53.3 Å². The fraction of sp³-hybridized carbons (Fsp3) is 0.381. The Kier molecular flexibility index (Phi) is 4.65. The molecule has 0 saturated heterocycles. The van der Waals surface area contributed by atoms with Gasteiger partial charge in [0.05, 0.1) is 6.10 Å². The van der Waals surface area contributed by atoms with Crippen LogP contribution in [0.25, 0.3) is 11.1 Å². The first-order valence-corrected chi connectivity index (χ1v) is 8.73. The molecule has 0 radical (unpaired) electrons. The van der Waals surface area contributed by atoms with Gasteiger partial charge in [0.25, 0.3) is 0 Å². The first kappa shape index (κ1) is 18.2. The smallest absolute Gasteiger partial charge is 0.405 e. The van der Waals surface area contributed by atoms with E-state index in [0.717, 1.165) is 28.7 Å². The SMILES string of the molecule is CC(C)Oc1ccc(-c2ccc3c(c2)CC(C)(C)[C@H]3OC(N)=O)cc1F. The number of hydrogen-bond donors (Lipinski definition) is 1. The lowest BCUT2D eigenvalue weighted by Crippen LogP contribution is -2.25. The number of halogens is 1. The second kappa shape index (κ2) is 6.63. The third-order valence-electron chi connectivity index (χ3n) is 4.64. The Morgan fingerprint density at radius 3 is 2.46 bits per heavy atom. The third kappa shape index (κ3) is 3.52. The molecule has 26 heavy (non-hydrogen) atoms. The van der Waals surface area contributed by atoms with E-state index in [9.17, 15) is 9.18 Å². The minimum Gasteiger partial charge on any atom is -0.488 e. The molecule has 0 saturated carbocycles. The van der Waals surface area contributed by atoms with Gasteiger partial charge < -0.3 is 15.2 Å². The zero-order valence-corrected chi connectivity index (χ0v) is 15.5. The maximum Gasteiger partial charge on any atom is 0.405 e. The minimum atomic E-state index is -0.775. The Morgan fingerprint density at radius 1 is 1.19 bits per heavy atom. The molecule has 1 aliphatic carbocycles. The van der Waals surface area contributed by atoms with E-state index in [1.807, 2.05) is 52.0 Å². The fourth-order valence-electron chi connectivity index (χ4n) is 3.57. The average Bonchev–Trinajstić information content (AvgIpc) is 2.78. The topological polar surface area (TPSA) is 61.6 Å². The second-order valence-electron chi connectivity index (χ2n) is 7.71. The lowest BCUT2D eigenvalue weighted by atomic mass is 9.87. The van der Waals surface area contributed by atoms with Crippen LogP contribution in [0.4, 0.5) is 9.18 Å². The highest BCUT2D eigenvalue weighted by Gasteiger charge is 2.41. The van der Waals surface area contributed by atoms with Gasteiger partial charge >= 0.3 is 6.09 Å². The molecule has 0 aromatic heterocycles. The van der Waals surface area contributed by atoms with Gasteiger partial charge in [-0.15, -0.1) is 0 Å². The molecule has 3 rings (SSSR count). The predicted molar refractivity (Wildman–Crippen MR) is 98.5 cm³/mol. The Bertz CT molecular complexity index is 845. The van der Waals surface area contributed by atoms with Gasteiger partial charge in [0, 0.05) is 5.41 Å². The molecule has 1 atom stereocenters. The normalized spacial score (nSPS) is 17.8. The van der Waals surface area contributed by atoms with Crippen LogP contribution in [0.5, 0.6) is 5.75 Å². The van der Waals surface area contributed by atoms with E-state index in [-0.39, 0.29) is 29.2 Å². The van der Waals surface area contributed by atoms with Crippen molar-refractivity contribution in [1.82, 2.24) is 0 Å². The molecule has 2 aromatic rings. The summed E-state index contributed by atoms with van der Waals surface area (Å²) in [6.07, 6.45) is -0.476. The molecule has 0 fully saturated rings.